The maximum atomic E-state index is 13.6. The zero-order valence-corrected chi connectivity index (χ0v) is 22.0. The number of ether oxygens (including phenoxy) is 1. The highest BCUT2D eigenvalue weighted by molar-refractivity contribution is 6.33. The van der Waals surface area contributed by atoms with Gasteiger partial charge in [0.05, 0.1) is 40.9 Å². The molecule has 5 rings (SSSR count). The predicted octanol–water partition coefficient (Wildman–Crippen LogP) is 3.04. The molecule has 204 valence electrons. The fourth-order valence-corrected chi connectivity index (χ4v) is 4.88. The number of halogens is 2. The van der Waals surface area contributed by atoms with E-state index in [1.165, 1.54) is 30.2 Å². The van der Waals surface area contributed by atoms with Crippen molar-refractivity contribution in [2.24, 2.45) is 0 Å². The van der Waals surface area contributed by atoms with E-state index < -0.39 is 24.4 Å². The first-order valence-electron chi connectivity index (χ1n) is 12.6. The molecule has 3 N–H and O–H groups in total. The van der Waals surface area contributed by atoms with Crippen LogP contribution in [0.2, 0.25) is 5.02 Å². The molecule has 2 amide bonds. The number of rotatable bonds is 8. The van der Waals surface area contributed by atoms with Crippen LogP contribution < -0.4 is 10.6 Å². The highest BCUT2D eigenvalue weighted by atomic mass is 35.5. The lowest BCUT2D eigenvalue weighted by Gasteiger charge is -2.23. The lowest BCUT2D eigenvalue weighted by molar-refractivity contribution is -0.122. The number of aromatic nitrogens is 3. The summed E-state index contributed by atoms with van der Waals surface area (Å²) in [5.74, 6) is -0.793. The smallest absolute Gasteiger partial charge is 0.254 e. The van der Waals surface area contributed by atoms with E-state index in [9.17, 15) is 19.1 Å². The van der Waals surface area contributed by atoms with E-state index in [4.69, 9.17) is 16.3 Å². The first-order chi connectivity index (χ1) is 18.8. The predicted molar refractivity (Wildman–Crippen MR) is 142 cm³/mol. The number of nitrogens with one attached hydrogen (secondary N) is 2. The molecule has 1 aromatic carbocycles. The van der Waals surface area contributed by atoms with Crippen molar-refractivity contribution < 1.29 is 23.8 Å². The van der Waals surface area contributed by atoms with E-state index in [1.54, 1.807) is 6.07 Å². The van der Waals surface area contributed by atoms with Gasteiger partial charge in [0, 0.05) is 36.9 Å². The van der Waals surface area contributed by atoms with Gasteiger partial charge in [0.15, 0.2) is 0 Å². The molecule has 4 heterocycles. The number of carbonyl (C=O) groups is 2. The van der Waals surface area contributed by atoms with Crippen LogP contribution in [0.4, 0.5) is 10.3 Å². The summed E-state index contributed by atoms with van der Waals surface area (Å²) in [6.07, 6.45) is 3.25. The van der Waals surface area contributed by atoms with Crippen molar-refractivity contribution in [2.75, 3.05) is 31.7 Å². The molecule has 10 nitrogen and oxygen atoms in total. The number of anilines is 1. The number of nitrogens with zero attached hydrogens (tertiary/aromatic N) is 4. The van der Waals surface area contributed by atoms with Crippen molar-refractivity contribution >= 4 is 29.4 Å². The number of hydrogen-bond donors (Lipinski definition) is 3. The summed E-state index contributed by atoms with van der Waals surface area (Å²) in [4.78, 5) is 40.4. The molecule has 2 aromatic heterocycles. The zero-order chi connectivity index (χ0) is 27.5. The Morgan fingerprint density at radius 2 is 2.05 bits per heavy atom. The summed E-state index contributed by atoms with van der Waals surface area (Å²) in [7, 11) is 0. The average molecular weight is 555 g/mol. The monoisotopic (exact) mass is 554 g/mol. The number of aliphatic hydroxyl groups excluding tert-OH is 1. The van der Waals surface area contributed by atoms with Gasteiger partial charge in [0.2, 0.25) is 11.9 Å². The van der Waals surface area contributed by atoms with E-state index in [0.29, 0.717) is 46.7 Å². The summed E-state index contributed by atoms with van der Waals surface area (Å²) in [6, 6.07) is 7.42. The molecular formula is C27H28ClFN6O4. The normalized spacial score (nSPS) is 16.2. The summed E-state index contributed by atoms with van der Waals surface area (Å²) >= 11 is 6.42. The molecule has 0 spiro atoms. The molecule has 0 bridgehead atoms. The van der Waals surface area contributed by atoms with Crippen LogP contribution in [-0.4, -0.2) is 69.2 Å². The van der Waals surface area contributed by atoms with Crippen LogP contribution >= 0.6 is 11.6 Å². The maximum Gasteiger partial charge on any atom is 0.254 e. The van der Waals surface area contributed by atoms with Gasteiger partial charge < -0.3 is 25.4 Å². The molecule has 0 radical (unpaired) electrons. The fraction of sp³-hybridized carbons (Fsp3) is 0.370. The van der Waals surface area contributed by atoms with Gasteiger partial charge in [-0.3, -0.25) is 14.6 Å². The van der Waals surface area contributed by atoms with Crippen molar-refractivity contribution in [1.29, 1.82) is 0 Å². The van der Waals surface area contributed by atoms with E-state index in [0.717, 1.165) is 18.4 Å². The zero-order valence-electron chi connectivity index (χ0n) is 21.3. The first kappa shape index (κ1) is 26.9. The number of fused-ring (bicyclic) bond motifs is 1. The molecule has 0 saturated carbocycles. The van der Waals surface area contributed by atoms with E-state index in [-0.39, 0.29) is 30.7 Å². The van der Waals surface area contributed by atoms with Crippen LogP contribution in [0, 0.1) is 12.7 Å². The Kier molecular flexibility index (Phi) is 8.01. The van der Waals surface area contributed by atoms with Gasteiger partial charge in [-0.05, 0) is 43.5 Å². The van der Waals surface area contributed by atoms with Gasteiger partial charge in [-0.2, -0.15) is 0 Å². The number of benzene rings is 1. The Morgan fingerprint density at radius 3 is 2.79 bits per heavy atom. The Labute approximate surface area is 229 Å². The number of aliphatic hydroxyl groups is 1. The average Bonchev–Trinajstić information content (AvgIpc) is 3.24. The lowest BCUT2D eigenvalue weighted by atomic mass is 10.0. The minimum atomic E-state index is -0.827. The van der Waals surface area contributed by atoms with Crippen LogP contribution in [0.5, 0.6) is 0 Å². The molecule has 1 saturated heterocycles. The molecule has 1 fully saturated rings. The van der Waals surface area contributed by atoms with Crippen molar-refractivity contribution in [3.8, 4) is 11.3 Å². The molecule has 0 unspecified atom stereocenters. The van der Waals surface area contributed by atoms with Crippen molar-refractivity contribution in [1.82, 2.24) is 25.2 Å². The number of carbonyl (C=O) groups excluding carboxylic acids is 2. The Hall–Kier alpha value is -3.67. The minimum absolute atomic E-state index is 0.163. The van der Waals surface area contributed by atoms with Crippen LogP contribution in [-0.2, 0) is 16.1 Å². The van der Waals surface area contributed by atoms with E-state index in [1.807, 2.05) is 12.1 Å². The van der Waals surface area contributed by atoms with Gasteiger partial charge in [-0.1, -0.05) is 23.7 Å². The lowest BCUT2D eigenvalue weighted by Crippen LogP contribution is -2.40. The third-order valence-corrected chi connectivity index (χ3v) is 7.09. The Balaban J connectivity index is 1.27. The van der Waals surface area contributed by atoms with Crippen LogP contribution in [0.15, 0.2) is 36.5 Å². The summed E-state index contributed by atoms with van der Waals surface area (Å²) in [5.41, 5.74) is 2.89. The Morgan fingerprint density at radius 1 is 1.26 bits per heavy atom. The molecule has 3 aromatic rings. The maximum absolute atomic E-state index is 13.6. The van der Waals surface area contributed by atoms with Gasteiger partial charge >= 0.3 is 0 Å². The number of amides is 2. The highest BCUT2D eigenvalue weighted by Crippen LogP contribution is 2.31. The summed E-state index contributed by atoms with van der Waals surface area (Å²) in [5, 5.41) is 16.1. The fourth-order valence-electron chi connectivity index (χ4n) is 4.68. The SMILES string of the molecule is Cc1nc([C@@H](CO)NC(=O)CN2Cc3ccc(-c4nc(NC5CCOCC5)ncc4Cl)cc3C2=O)ccc1F. The molecule has 1 atom stereocenters. The summed E-state index contributed by atoms with van der Waals surface area (Å²) in [6.45, 7) is 2.49. The van der Waals surface area contributed by atoms with Gasteiger partial charge in [0.25, 0.3) is 5.91 Å². The quantitative estimate of drug-likeness (QED) is 0.387. The van der Waals surface area contributed by atoms with Crippen LogP contribution in [0.25, 0.3) is 11.3 Å². The van der Waals surface area contributed by atoms with Crippen molar-refractivity contribution in [3.05, 3.63) is 69.9 Å². The standard InChI is InChI=1S/C27H28ClFN6O4/c1-15-21(29)4-5-22(31-15)23(14-36)33-24(37)13-35-12-17-3-2-16(10-19(17)26(35)38)25-20(28)11-30-27(34-25)32-18-6-8-39-9-7-18/h2-5,10-11,18,23,36H,6-9,12-14H2,1H3,(H,33,37)(H,30,32,34)/t23-/m1/s1. The molecule has 2 aliphatic rings. The van der Waals surface area contributed by atoms with E-state index >= 15 is 0 Å². The Bertz CT molecular complexity index is 1400. The van der Waals surface area contributed by atoms with Crippen LogP contribution in [0.1, 0.15) is 46.2 Å². The van der Waals surface area contributed by atoms with E-state index in [2.05, 4.69) is 25.6 Å². The second-order valence-corrected chi connectivity index (χ2v) is 9.97. The van der Waals surface area contributed by atoms with Gasteiger partial charge in [-0.25, -0.2) is 14.4 Å². The number of hydrogen-bond acceptors (Lipinski definition) is 8. The number of pyridine rings is 1. The second kappa shape index (κ2) is 11.6. The summed E-state index contributed by atoms with van der Waals surface area (Å²) < 4.78 is 19.0. The second-order valence-electron chi connectivity index (χ2n) is 9.56. The topological polar surface area (TPSA) is 130 Å². The molecule has 0 aliphatic carbocycles. The first-order valence-corrected chi connectivity index (χ1v) is 13.0. The molecular weight excluding hydrogens is 527 g/mol. The van der Waals surface area contributed by atoms with Gasteiger partial charge in [0.1, 0.15) is 12.4 Å². The minimum Gasteiger partial charge on any atom is -0.394 e. The third-order valence-electron chi connectivity index (χ3n) is 6.81. The van der Waals surface area contributed by atoms with Crippen molar-refractivity contribution in [3.63, 3.8) is 0 Å². The highest BCUT2D eigenvalue weighted by Gasteiger charge is 2.30. The third kappa shape index (κ3) is 6.00. The van der Waals surface area contributed by atoms with Crippen molar-refractivity contribution in [2.45, 2.75) is 38.4 Å². The molecule has 2 aliphatic heterocycles. The number of aryl methyl sites for hydroxylation is 1. The molecule has 39 heavy (non-hydrogen) atoms. The van der Waals surface area contributed by atoms with Gasteiger partial charge in [-0.15, -0.1) is 0 Å². The molecule has 12 heteroatoms. The largest absolute Gasteiger partial charge is 0.394 e. The van der Waals surface area contributed by atoms with Crippen LogP contribution in [0.3, 0.4) is 0 Å².